The van der Waals surface area contributed by atoms with Crippen molar-refractivity contribution >= 4 is 17.3 Å². The average Bonchev–Trinajstić information content (AvgIpc) is 2.79. The highest BCUT2D eigenvalue weighted by Crippen LogP contribution is 2.66. The summed E-state index contributed by atoms with van der Waals surface area (Å²) in [5.74, 6) is 2.35. The zero-order valence-corrected chi connectivity index (χ0v) is 10.7. The Balaban J connectivity index is 1.60. The second-order valence-corrected chi connectivity index (χ2v) is 6.23. The van der Waals surface area contributed by atoms with Crippen molar-refractivity contribution in [3.05, 3.63) is 23.8 Å². The molecule has 0 amide bonds. The molecule has 4 heteroatoms. The molecule has 4 nitrogen and oxygen atoms in total. The molecule has 100 valence electrons. The number of anilines is 2. The van der Waals surface area contributed by atoms with Crippen molar-refractivity contribution in [2.45, 2.75) is 25.3 Å². The summed E-state index contributed by atoms with van der Waals surface area (Å²) in [6.07, 6.45) is 4.11. The monoisotopic (exact) mass is 258 g/mol. The lowest BCUT2D eigenvalue weighted by Gasteiger charge is -2.15. The number of rotatable bonds is 3. The summed E-state index contributed by atoms with van der Waals surface area (Å²) in [6.45, 7) is 0. The van der Waals surface area contributed by atoms with Gasteiger partial charge in [-0.3, -0.25) is 0 Å². The number of benzene rings is 1. The zero-order valence-electron chi connectivity index (χ0n) is 10.7. The molecule has 3 saturated carbocycles. The van der Waals surface area contributed by atoms with Crippen LogP contribution in [0.1, 0.15) is 29.6 Å². The van der Waals surface area contributed by atoms with Crippen molar-refractivity contribution in [1.29, 1.82) is 0 Å². The summed E-state index contributed by atoms with van der Waals surface area (Å²) in [7, 11) is 0. The van der Waals surface area contributed by atoms with Crippen LogP contribution in [0, 0.1) is 23.7 Å². The van der Waals surface area contributed by atoms with Crippen molar-refractivity contribution in [2.24, 2.45) is 23.7 Å². The molecule has 4 rings (SSSR count). The lowest BCUT2D eigenvalue weighted by Crippen LogP contribution is -2.16. The predicted octanol–water partition coefficient (Wildman–Crippen LogP) is 2.42. The van der Waals surface area contributed by atoms with Gasteiger partial charge >= 0.3 is 5.97 Å². The number of fused-ring (bicyclic) bond motifs is 5. The Morgan fingerprint density at radius 2 is 1.95 bits per heavy atom. The molecule has 4 N–H and O–H groups in total. The van der Waals surface area contributed by atoms with Gasteiger partial charge in [-0.25, -0.2) is 4.79 Å². The fourth-order valence-corrected chi connectivity index (χ4v) is 4.59. The lowest BCUT2D eigenvalue weighted by molar-refractivity contribution is 0.0698. The Hall–Kier alpha value is -1.71. The van der Waals surface area contributed by atoms with Gasteiger partial charge in [0.2, 0.25) is 0 Å². The number of carboxylic acid groups (broad SMARTS) is 1. The molecule has 3 fully saturated rings. The van der Waals surface area contributed by atoms with Crippen LogP contribution in [0.15, 0.2) is 18.2 Å². The van der Waals surface area contributed by atoms with E-state index in [-0.39, 0.29) is 5.56 Å². The molecule has 3 aliphatic rings. The average molecular weight is 258 g/mol. The van der Waals surface area contributed by atoms with Crippen molar-refractivity contribution < 1.29 is 9.90 Å². The van der Waals surface area contributed by atoms with E-state index in [0.717, 1.165) is 23.7 Å². The number of para-hydroxylation sites is 1. The topological polar surface area (TPSA) is 75.4 Å². The first kappa shape index (κ1) is 11.1. The van der Waals surface area contributed by atoms with Gasteiger partial charge in [0, 0.05) is 6.04 Å². The van der Waals surface area contributed by atoms with Crippen molar-refractivity contribution in [3.63, 3.8) is 0 Å². The summed E-state index contributed by atoms with van der Waals surface area (Å²) in [5.41, 5.74) is 7.39. The number of carbonyl (C=O) groups is 1. The molecule has 0 aromatic heterocycles. The third-order valence-corrected chi connectivity index (χ3v) is 5.37. The molecule has 19 heavy (non-hydrogen) atoms. The minimum Gasteiger partial charge on any atom is -0.478 e. The van der Waals surface area contributed by atoms with Gasteiger partial charge < -0.3 is 16.2 Å². The summed E-state index contributed by atoms with van der Waals surface area (Å²) in [6, 6.07) is 5.53. The van der Waals surface area contributed by atoms with E-state index in [9.17, 15) is 9.90 Å². The maximum absolute atomic E-state index is 11.3. The van der Waals surface area contributed by atoms with Gasteiger partial charge in [0.15, 0.2) is 0 Å². The first-order chi connectivity index (χ1) is 9.16. The summed E-state index contributed by atoms with van der Waals surface area (Å²) in [5, 5.41) is 12.7. The molecule has 3 aliphatic carbocycles. The molecule has 2 bridgehead atoms. The van der Waals surface area contributed by atoms with Crippen LogP contribution in [-0.4, -0.2) is 17.1 Å². The molecule has 0 heterocycles. The standard InChI is InChI=1S/C15H18N2O2/c16-10-3-1-2-9(15(18)19)13(10)17-14-11-7-4-5-8(6-7)12(11)14/h1-3,7-8,11-12,14,17H,4-6,16H2,(H,18,19). The van der Waals surface area contributed by atoms with Crippen LogP contribution in [0.3, 0.4) is 0 Å². The van der Waals surface area contributed by atoms with Gasteiger partial charge in [-0.15, -0.1) is 0 Å². The molecule has 4 atom stereocenters. The van der Waals surface area contributed by atoms with E-state index in [2.05, 4.69) is 5.32 Å². The zero-order chi connectivity index (χ0) is 13.1. The molecular formula is C15H18N2O2. The van der Waals surface area contributed by atoms with Gasteiger partial charge in [0.05, 0.1) is 16.9 Å². The van der Waals surface area contributed by atoms with Crippen LogP contribution in [-0.2, 0) is 0 Å². The van der Waals surface area contributed by atoms with E-state index in [0.29, 0.717) is 17.4 Å². The number of nitrogens with two attached hydrogens (primary N) is 1. The molecular weight excluding hydrogens is 240 g/mol. The van der Waals surface area contributed by atoms with E-state index in [1.54, 1.807) is 18.2 Å². The highest BCUT2D eigenvalue weighted by atomic mass is 16.4. The molecule has 4 unspecified atom stereocenters. The van der Waals surface area contributed by atoms with Crippen LogP contribution < -0.4 is 11.1 Å². The van der Waals surface area contributed by atoms with Crippen LogP contribution in [0.2, 0.25) is 0 Å². The highest BCUT2D eigenvalue weighted by Gasteiger charge is 2.65. The van der Waals surface area contributed by atoms with E-state index >= 15 is 0 Å². The minimum absolute atomic E-state index is 0.289. The third-order valence-electron chi connectivity index (χ3n) is 5.37. The van der Waals surface area contributed by atoms with Gasteiger partial charge in [-0.1, -0.05) is 6.07 Å². The predicted molar refractivity (Wildman–Crippen MR) is 73.0 cm³/mol. The lowest BCUT2D eigenvalue weighted by atomic mass is 10.0. The van der Waals surface area contributed by atoms with Crippen LogP contribution in [0.4, 0.5) is 11.4 Å². The normalized spacial score (nSPS) is 38.0. The Bertz CT molecular complexity index is 541. The van der Waals surface area contributed by atoms with Gasteiger partial charge in [-0.05, 0) is 55.1 Å². The number of hydrogen-bond acceptors (Lipinski definition) is 3. The fraction of sp³-hybridized carbons (Fsp3) is 0.533. The quantitative estimate of drug-likeness (QED) is 0.728. The molecule has 0 aliphatic heterocycles. The second-order valence-electron chi connectivity index (χ2n) is 6.23. The van der Waals surface area contributed by atoms with E-state index in [4.69, 9.17) is 5.73 Å². The van der Waals surface area contributed by atoms with E-state index < -0.39 is 5.97 Å². The van der Waals surface area contributed by atoms with Crippen molar-refractivity contribution in [2.75, 3.05) is 11.1 Å². The van der Waals surface area contributed by atoms with Gasteiger partial charge in [0.25, 0.3) is 0 Å². The largest absolute Gasteiger partial charge is 0.478 e. The number of aromatic carboxylic acids is 1. The van der Waals surface area contributed by atoms with Crippen LogP contribution >= 0.6 is 0 Å². The molecule has 0 spiro atoms. The fourth-order valence-electron chi connectivity index (χ4n) is 4.59. The molecule has 1 aromatic rings. The number of hydrogen-bond donors (Lipinski definition) is 3. The summed E-state index contributed by atoms with van der Waals surface area (Å²) < 4.78 is 0. The Kier molecular flexibility index (Phi) is 2.14. The van der Waals surface area contributed by atoms with E-state index in [1.165, 1.54) is 19.3 Å². The summed E-state index contributed by atoms with van der Waals surface area (Å²) in [4.78, 5) is 11.3. The Morgan fingerprint density at radius 3 is 2.58 bits per heavy atom. The molecule has 1 aromatic carbocycles. The maximum atomic E-state index is 11.3. The Labute approximate surface area is 112 Å². The van der Waals surface area contributed by atoms with Crippen molar-refractivity contribution in [1.82, 2.24) is 0 Å². The van der Waals surface area contributed by atoms with Gasteiger partial charge in [0.1, 0.15) is 0 Å². The van der Waals surface area contributed by atoms with Crippen LogP contribution in [0.5, 0.6) is 0 Å². The SMILES string of the molecule is Nc1cccc(C(=O)O)c1NC1C2C3CCC(C3)C12. The maximum Gasteiger partial charge on any atom is 0.337 e. The molecule has 0 radical (unpaired) electrons. The van der Waals surface area contributed by atoms with Gasteiger partial charge in [-0.2, -0.15) is 0 Å². The van der Waals surface area contributed by atoms with E-state index in [1.807, 2.05) is 0 Å². The molecule has 0 saturated heterocycles. The number of nitrogen functional groups attached to an aromatic ring is 1. The number of carboxylic acids is 1. The van der Waals surface area contributed by atoms with Crippen molar-refractivity contribution in [3.8, 4) is 0 Å². The Morgan fingerprint density at radius 1 is 1.26 bits per heavy atom. The smallest absolute Gasteiger partial charge is 0.337 e. The number of nitrogens with one attached hydrogen (secondary N) is 1. The first-order valence-corrected chi connectivity index (χ1v) is 7.05. The highest BCUT2D eigenvalue weighted by molar-refractivity contribution is 5.97. The first-order valence-electron chi connectivity index (χ1n) is 7.05. The van der Waals surface area contributed by atoms with Crippen LogP contribution in [0.25, 0.3) is 0 Å². The summed E-state index contributed by atoms with van der Waals surface area (Å²) >= 11 is 0. The second kappa shape index (κ2) is 3.65. The third kappa shape index (κ3) is 1.49. The minimum atomic E-state index is -0.913.